The van der Waals surface area contributed by atoms with Crippen LogP contribution in [0.3, 0.4) is 0 Å². The molecule has 9 heteroatoms. The van der Waals surface area contributed by atoms with Crippen LogP contribution in [0.2, 0.25) is 0 Å². The molecule has 2 fully saturated rings. The minimum Gasteiger partial charge on any atom is -0.481 e. The lowest BCUT2D eigenvalue weighted by Gasteiger charge is -2.34. The second kappa shape index (κ2) is 10.8. The van der Waals surface area contributed by atoms with Gasteiger partial charge in [0.15, 0.2) is 5.78 Å². The Morgan fingerprint density at radius 1 is 1.08 bits per heavy atom. The third-order valence-electron chi connectivity index (χ3n) is 6.31. The van der Waals surface area contributed by atoms with E-state index in [2.05, 4.69) is 20.8 Å². The van der Waals surface area contributed by atoms with Gasteiger partial charge in [0.1, 0.15) is 11.0 Å². The molecule has 2 unspecified atom stereocenters. The Morgan fingerprint density at radius 3 is 2.28 bits per heavy atom. The highest BCUT2D eigenvalue weighted by Gasteiger charge is 2.44. The maximum Gasteiger partial charge on any atom is 0.410 e. The van der Waals surface area contributed by atoms with Gasteiger partial charge in [-0.1, -0.05) is 45.0 Å². The zero-order chi connectivity index (χ0) is 26.8. The topological polar surface area (TPSA) is 104 Å². The first-order chi connectivity index (χ1) is 16.7. The summed E-state index contributed by atoms with van der Waals surface area (Å²) >= 11 is 1.35. The smallest absolute Gasteiger partial charge is 0.410 e. The molecule has 0 radical (unpaired) electrons. The summed E-state index contributed by atoms with van der Waals surface area (Å²) in [5.74, 6) is -1.65. The molecule has 0 saturated carbocycles. The van der Waals surface area contributed by atoms with Crippen molar-refractivity contribution < 1.29 is 29.0 Å². The summed E-state index contributed by atoms with van der Waals surface area (Å²) < 4.78 is 5.43. The van der Waals surface area contributed by atoms with Crippen LogP contribution >= 0.6 is 11.8 Å². The molecule has 1 N–H and O–H groups in total. The average Bonchev–Trinajstić information content (AvgIpc) is 3.05. The number of ether oxygens (including phenoxy) is 1. The lowest BCUT2D eigenvalue weighted by molar-refractivity contribution is -0.140. The molecule has 3 rings (SSSR count). The number of ketones is 1. The van der Waals surface area contributed by atoms with Crippen LogP contribution in [-0.4, -0.2) is 69.1 Å². The molecule has 2 amide bonds. The highest BCUT2D eigenvalue weighted by atomic mass is 32.2. The van der Waals surface area contributed by atoms with Crippen LogP contribution in [0.15, 0.2) is 24.3 Å². The van der Waals surface area contributed by atoms with Gasteiger partial charge in [-0.15, -0.1) is 11.8 Å². The standard InChI is InChI=1S/C27H38N2O6S/c1-26(2,3)12-14-29-23(33)21(15-22(31)32)36-24(29)19-10-8-7-9-17(19)18-11-13-28(16-20(18)30)25(34)35-27(4,5)6/h7-10,18,21,24H,11-16H2,1-6H3,(H,31,32)/t18?,21-,24?/m0/s1. The largest absolute Gasteiger partial charge is 0.481 e. The lowest BCUT2D eigenvalue weighted by atomic mass is 9.85. The van der Waals surface area contributed by atoms with E-state index in [1.807, 2.05) is 24.3 Å². The SMILES string of the molecule is CC(C)(C)CCN1C(=O)[C@H](CC(=O)O)SC1c1ccccc1C1CCN(C(=O)OC(C)(C)C)CC1=O. The van der Waals surface area contributed by atoms with Gasteiger partial charge in [-0.3, -0.25) is 14.4 Å². The van der Waals surface area contributed by atoms with Crippen LogP contribution in [0.5, 0.6) is 0 Å². The summed E-state index contributed by atoms with van der Waals surface area (Å²) in [5.41, 5.74) is 1.07. The molecule has 2 aliphatic rings. The second-order valence-electron chi connectivity index (χ2n) is 11.8. The van der Waals surface area contributed by atoms with Gasteiger partial charge in [0.25, 0.3) is 0 Å². The fraction of sp³-hybridized carbons (Fsp3) is 0.630. The fourth-order valence-corrected chi connectivity index (χ4v) is 6.01. The predicted molar refractivity (Wildman–Crippen MR) is 139 cm³/mol. The van der Waals surface area contributed by atoms with E-state index in [1.54, 1.807) is 25.7 Å². The van der Waals surface area contributed by atoms with E-state index >= 15 is 0 Å². The van der Waals surface area contributed by atoms with Gasteiger partial charge in [0, 0.05) is 19.0 Å². The van der Waals surface area contributed by atoms with Crippen LogP contribution in [0.1, 0.15) is 83.2 Å². The molecule has 2 saturated heterocycles. The zero-order valence-electron chi connectivity index (χ0n) is 22.1. The Hall–Kier alpha value is -2.55. The summed E-state index contributed by atoms with van der Waals surface area (Å²) in [4.78, 5) is 53.6. The number of amides is 2. The van der Waals surface area contributed by atoms with E-state index in [1.165, 1.54) is 16.7 Å². The third kappa shape index (κ3) is 7.02. The highest BCUT2D eigenvalue weighted by Crippen LogP contribution is 2.47. The molecule has 0 bridgehead atoms. The molecule has 1 aromatic carbocycles. The van der Waals surface area contributed by atoms with Crippen molar-refractivity contribution >= 4 is 35.5 Å². The number of nitrogens with zero attached hydrogens (tertiary/aromatic N) is 2. The first kappa shape index (κ1) is 28.0. The van der Waals surface area contributed by atoms with E-state index in [0.717, 1.165) is 17.5 Å². The fourth-order valence-electron chi connectivity index (χ4n) is 4.49. The Labute approximate surface area is 217 Å². The molecule has 198 valence electrons. The summed E-state index contributed by atoms with van der Waals surface area (Å²) in [7, 11) is 0. The first-order valence-electron chi connectivity index (χ1n) is 12.4. The van der Waals surface area contributed by atoms with Crippen LogP contribution in [0.25, 0.3) is 0 Å². The monoisotopic (exact) mass is 518 g/mol. The van der Waals surface area contributed by atoms with Gasteiger partial charge < -0.3 is 19.6 Å². The number of thioether (sulfide) groups is 1. The molecule has 0 aromatic heterocycles. The average molecular weight is 519 g/mol. The number of Topliss-reactive ketones (excluding diaryl/α,β-unsaturated/α-hetero) is 1. The third-order valence-corrected chi connectivity index (χ3v) is 7.77. The Kier molecular flexibility index (Phi) is 8.43. The number of hydrogen-bond acceptors (Lipinski definition) is 6. The van der Waals surface area contributed by atoms with Gasteiger partial charge in [-0.25, -0.2) is 4.79 Å². The number of carboxylic acid groups (broad SMARTS) is 1. The first-order valence-corrected chi connectivity index (χ1v) is 13.4. The van der Waals surface area contributed by atoms with E-state index in [0.29, 0.717) is 19.5 Å². The van der Waals surface area contributed by atoms with Crippen LogP contribution in [0.4, 0.5) is 4.79 Å². The molecule has 2 aliphatic heterocycles. The number of benzene rings is 1. The lowest BCUT2D eigenvalue weighted by Crippen LogP contribution is -2.45. The van der Waals surface area contributed by atoms with Crippen molar-refractivity contribution in [1.82, 2.24) is 9.80 Å². The number of likely N-dealkylation sites (tertiary alicyclic amines) is 1. The van der Waals surface area contributed by atoms with Crippen molar-refractivity contribution in [2.45, 2.75) is 82.9 Å². The Balaban J connectivity index is 1.86. The number of carbonyl (C=O) groups is 4. The number of carboxylic acids is 1. The van der Waals surface area contributed by atoms with Crippen molar-refractivity contribution in [2.24, 2.45) is 5.41 Å². The van der Waals surface area contributed by atoms with Crippen molar-refractivity contribution in [3.05, 3.63) is 35.4 Å². The summed E-state index contributed by atoms with van der Waals surface area (Å²) in [6.07, 6.45) is 0.497. The number of rotatable bonds is 6. The van der Waals surface area contributed by atoms with Crippen molar-refractivity contribution in [1.29, 1.82) is 0 Å². The molecule has 1 aromatic rings. The minimum atomic E-state index is -1.00. The molecule has 2 heterocycles. The normalized spacial score (nSPS) is 23.2. The van der Waals surface area contributed by atoms with Crippen molar-refractivity contribution in [2.75, 3.05) is 19.6 Å². The molecule has 8 nitrogen and oxygen atoms in total. The zero-order valence-corrected chi connectivity index (χ0v) is 22.9. The quantitative estimate of drug-likeness (QED) is 0.575. The summed E-state index contributed by atoms with van der Waals surface area (Å²) in [6.45, 7) is 12.6. The molecule has 36 heavy (non-hydrogen) atoms. The van der Waals surface area contributed by atoms with E-state index < -0.39 is 28.8 Å². The number of aliphatic carboxylic acids is 1. The van der Waals surface area contributed by atoms with Crippen LogP contribution in [-0.2, 0) is 19.1 Å². The summed E-state index contributed by atoms with van der Waals surface area (Å²) in [5, 5.41) is 8.33. The molecular weight excluding hydrogens is 480 g/mol. The van der Waals surface area contributed by atoms with E-state index in [4.69, 9.17) is 4.74 Å². The molecule has 0 aliphatic carbocycles. The predicted octanol–water partition coefficient (Wildman–Crippen LogP) is 4.83. The van der Waals surface area contributed by atoms with Gasteiger partial charge in [-0.2, -0.15) is 0 Å². The Morgan fingerprint density at radius 2 is 1.72 bits per heavy atom. The van der Waals surface area contributed by atoms with Crippen molar-refractivity contribution in [3.63, 3.8) is 0 Å². The maximum atomic E-state index is 13.2. The van der Waals surface area contributed by atoms with Crippen LogP contribution < -0.4 is 0 Å². The maximum absolute atomic E-state index is 13.2. The van der Waals surface area contributed by atoms with Gasteiger partial charge in [0.05, 0.1) is 18.2 Å². The minimum absolute atomic E-state index is 0.00432. The molecule has 0 spiro atoms. The van der Waals surface area contributed by atoms with E-state index in [-0.39, 0.29) is 35.4 Å². The highest BCUT2D eigenvalue weighted by molar-refractivity contribution is 8.01. The van der Waals surface area contributed by atoms with Crippen LogP contribution in [0, 0.1) is 5.41 Å². The van der Waals surface area contributed by atoms with Gasteiger partial charge >= 0.3 is 12.1 Å². The molecular formula is C27H38N2O6S. The van der Waals surface area contributed by atoms with Gasteiger partial charge in [-0.05, 0) is 50.2 Å². The molecule has 3 atom stereocenters. The second-order valence-corrected chi connectivity index (χ2v) is 13.0. The number of piperidine rings is 1. The number of hydrogen-bond donors (Lipinski definition) is 1. The van der Waals surface area contributed by atoms with E-state index in [9.17, 15) is 24.3 Å². The number of carbonyl (C=O) groups excluding carboxylic acids is 3. The van der Waals surface area contributed by atoms with Crippen molar-refractivity contribution in [3.8, 4) is 0 Å². The summed E-state index contributed by atoms with van der Waals surface area (Å²) in [6, 6.07) is 7.61. The Bertz CT molecular complexity index is 1010. The van der Waals surface area contributed by atoms with Gasteiger partial charge in [0.2, 0.25) is 5.91 Å².